The Bertz CT molecular complexity index is 980. The van der Waals surface area contributed by atoms with E-state index in [4.69, 9.17) is 4.74 Å². The van der Waals surface area contributed by atoms with E-state index in [1.807, 2.05) is 61.2 Å². The zero-order valence-corrected chi connectivity index (χ0v) is 19.5. The Morgan fingerprint density at radius 2 is 2.00 bits per heavy atom. The molecule has 2 aliphatic heterocycles. The number of likely N-dealkylation sites (tertiary alicyclic amines) is 1. The lowest BCUT2D eigenvalue weighted by Crippen LogP contribution is -2.53. The molecule has 0 aromatic heterocycles. The maximum Gasteiger partial charge on any atom is 0.324 e. The monoisotopic (exact) mass is 485 g/mol. The summed E-state index contributed by atoms with van der Waals surface area (Å²) in [6.07, 6.45) is 1.53. The topological polar surface area (TPSA) is 61.9 Å². The summed E-state index contributed by atoms with van der Waals surface area (Å²) in [7, 11) is 0. The molecule has 0 radical (unpaired) electrons. The maximum atomic E-state index is 13.4. The molecule has 2 heterocycles. The lowest BCUT2D eigenvalue weighted by Gasteiger charge is -2.39. The summed E-state index contributed by atoms with van der Waals surface area (Å²) in [6.45, 7) is 6.06. The molecule has 0 aliphatic carbocycles. The van der Waals surface area contributed by atoms with E-state index in [0.29, 0.717) is 26.2 Å². The van der Waals surface area contributed by atoms with Gasteiger partial charge in [-0.05, 0) is 56.0 Å². The first-order valence-corrected chi connectivity index (χ1v) is 11.6. The Hall–Kier alpha value is -2.54. The molecule has 2 aliphatic rings. The number of fused-ring (bicyclic) bond motifs is 1. The molecule has 2 atom stereocenters. The molecule has 1 saturated heterocycles. The van der Waals surface area contributed by atoms with E-state index in [9.17, 15) is 9.59 Å². The highest BCUT2D eigenvalue weighted by Crippen LogP contribution is 2.35. The van der Waals surface area contributed by atoms with Gasteiger partial charge >= 0.3 is 6.03 Å². The number of aryl methyl sites for hydroxylation is 1. The summed E-state index contributed by atoms with van der Waals surface area (Å²) in [5.74, 6) is 0.535. The van der Waals surface area contributed by atoms with Crippen LogP contribution in [0.1, 0.15) is 30.9 Å². The summed E-state index contributed by atoms with van der Waals surface area (Å²) >= 11 is 3.52. The number of nitrogens with one attached hydrogen (secondary N) is 1. The molecular formula is C24H28BrN3O3. The van der Waals surface area contributed by atoms with Gasteiger partial charge in [0.2, 0.25) is 5.91 Å². The van der Waals surface area contributed by atoms with Gasteiger partial charge in [-0.15, -0.1) is 0 Å². The van der Waals surface area contributed by atoms with E-state index in [2.05, 4.69) is 21.2 Å². The van der Waals surface area contributed by atoms with E-state index in [1.54, 1.807) is 4.90 Å². The summed E-state index contributed by atoms with van der Waals surface area (Å²) in [5, 5.41) is 3.04. The number of carbonyl (C=O) groups excluding carboxylic acids is 2. The third kappa shape index (κ3) is 4.87. The van der Waals surface area contributed by atoms with Gasteiger partial charge in [0.25, 0.3) is 0 Å². The number of benzene rings is 2. The Morgan fingerprint density at radius 3 is 2.81 bits per heavy atom. The maximum absolute atomic E-state index is 13.4. The molecule has 1 N–H and O–H groups in total. The molecule has 6 nitrogen and oxygen atoms in total. The van der Waals surface area contributed by atoms with Crippen LogP contribution in [0.5, 0.6) is 5.75 Å². The summed E-state index contributed by atoms with van der Waals surface area (Å²) in [6, 6.07) is 13.7. The first-order chi connectivity index (χ1) is 14.9. The van der Waals surface area contributed by atoms with Gasteiger partial charge < -0.3 is 15.0 Å². The second-order valence-electron chi connectivity index (χ2n) is 8.39. The lowest BCUT2D eigenvalue weighted by atomic mass is 9.97. The van der Waals surface area contributed by atoms with Gasteiger partial charge in [0.15, 0.2) is 0 Å². The number of urea groups is 1. The SMILES string of the molecule is Cc1ccc2c(c1)N(C(=O)N1CCC[C@H](C(=O)NCc3ccccc3Br)C1)C[C@@H](C)O2. The van der Waals surface area contributed by atoms with Crippen molar-refractivity contribution in [3.63, 3.8) is 0 Å². The fourth-order valence-electron chi connectivity index (χ4n) is 4.23. The Kier molecular flexibility index (Phi) is 6.51. The number of amides is 3. The van der Waals surface area contributed by atoms with Gasteiger partial charge in [-0.3, -0.25) is 9.69 Å². The van der Waals surface area contributed by atoms with Crippen molar-refractivity contribution in [2.75, 3.05) is 24.5 Å². The van der Waals surface area contributed by atoms with Crippen molar-refractivity contribution in [1.82, 2.24) is 10.2 Å². The van der Waals surface area contributed by atoms with Crippen LogP contribution < -0.4 is 15.0 Å². The van der Waals surface area contributed by atoms with Crippen molar-refractivity contribution >= 4 is 33.6 Å². The largest absolute Gasteiger partial charge is 0.487 e. The molecule has 2 aromatic carbocycles. The second kappa shape index (κ2) is 9.30. The zero-order valence-electron chi connectivity index (χ0n) is 17.9. The average Bonchev–Trinajstić information content (AvgIpc) is 2.77. The van der Waals surface area contributed by atoms with E-state index < -0.39 is 0 Å². The van der Waals surface area contributed by atoms with Crippen LogP contribution in [0.4, 0.5) is 10.5 Å². The number of rotatable bonds is 3. The van der Waals surface area contributed by atoms with E-state index in [1.165, 1.54) is 0 Å². The van der Waals surface area contributed by atoms with Crippen LogP contribution >= 0.6 is 15.9 Å². The molecule has 3 amide bonds. The minimum absolute atomic E-state index is 0.000145. The normalized spacial score (nSPS) is 20.6. The molecule has 4 rings (SSSR count). The van der Waals surface area contributed by atoms with E-state index >= 15 is 0 Å². The molecule has 164 valence electrons. The molecule has 31 heavy (non-hydrogen) atoms. The molecule has 0 saturated carbocycles. The van der Waals surface area contributed by atoms with Gasteiger partial charge in [-0.1, -0.05) is 40.2 Å². The molecule has 0 spiro atoms. The Labute approximate surface area is 191 Å². The first kappa shape index (κ1) is 21.7. The van der Waals surface area contributed by atoms with Crippen molar-refractivity contribution in [1.29, 1.82) is 0 Å². The van der Waals surface area contributed by atoms with Crippen molar-refractivity contribution in [2.45, 2.75) is 39.3 Å². The van der Waals surface area contributed by atoms with Crippen molar-refractivity contribution in [3.05, 3.63) is 58.1 Å². The van der Waals surface area contributed by atoms with Gasteiger partial charge in [-0.2, -0.15) is 0 Å². The first-order valence-electron chi connectivity index (χ1n) is 10.8. The Morgan fingerprint density at radius 1 is 1.19 bits per heavy atom. The van der Waals surface area contributed by atoms with Crippen LogP contribution in [0.3, 0.4) is 0 Å². The van der Waals surface area contributed by atoms with E-state index in [0.717, 1.165) is 39.9 Å². The minimum atomic E-state index is -0.198. The second-order valence-corrected chi connectivity index (χ2v) is 9.24. The molecular weight excluding hydrogens is 458 g/mol. The minimum Gasteiger partial charge on any atom is -0.487 e. The molecule has 0 unspecified atom stereocenters. The highest BCUT2D eigenvalue weighted by atomic mass is 79.9. The summed E-state index contributed by atoms with van der Waals surface area (Å²) in [5.41, 5.74) is 2.93. The fourth-order valence-corrected chi connectivity index (χ4v) is 4.66. The van der Waals surface area contributed by atoms with Gasteiger partial charge in [0.1, 0.15) is 11.9 Å². The van der Waals surface area contributed by atoms with Gasteiger partial charge in [-0.25, -0.2) is 4.79 Å². The third-order valence-corrected chi connectivity index (χ3v) is 6.65. The highest BCUT2D eigenvalue weighted by Gasteiger charge is 2.34. The molecule has 1 fully saturated rings. The number of nitrogens with zero attached hydrogens (tertiary/aromatic N) is 2. The van der Waals surface area contributed by atoms with E-state index in [-0.39, 0.29) is 24.0 Å². The summed E-state index contributed by atoms with van der Waals surface area (Å²) < 4.78 is 6.90. The number of hydrogen-bond acceptors (Lipinski definition) is 3. The quantitative estimate of drug-likeness (QED) is 0.696. The number of hydrogen-bond donors (Lipinski definition) is 1. The Balaban J connectivity index is 1.43. The number of carbonyl (C=O) groups is 2. The number of piperidine rings is 1. The average molecular weight is 486 g/mol. The van der Waals surface area contributed by atoms with Gasteiger partial charge in [0, 0.05) is 24.1 Å². The molecule has 2 aromatic rings. The predicted molar refractivity (Wildman–Crippen MR) is 124 cm³/mol. The molecule has 0 bridgehead atoms. The summed E-state index contributed by atoms with van der Waals surface area (Å²) in [4.78, 5) is 29.9. The van der Waals surface area contributed by atoms with Crippen LogP contribution in [-0.4, -0.2) is 42.6 Å². The lowest BCUT2D eigenvalue weighted by molar-refractivity contribution is -0.126. The van der Waals surface area contributed by atoms with Crippen LogP contribution in [-0.2, 0) is 11.3 Å². The zero-order chi connectivity index (χ0) is 22.0. The number of anilines is 1. The van der Waals surface area contributed by atoms with Crippen molar-refractivity contribution in [2.24, 2.45) is 5.92 Å². The van der Waals surface area contributed by atoms with Crippen molar-refractivity contribution in [3.8, 4) is 5.75 Å². The third-order valence-electron chi connectivity index (χ3n) is 5.88. The number of halogens is 1. The van der Waals surface area contributed by atoms with Crippen LogP contribution in [0, 0.1) is 12.8 Å². The predicted octanol–water partition coefficient (Wildman–Crippen LogP) is 4.49. The molecule has 7 heteroatoms. The van der Waals surface area contributed by atoms with Crippen LogP contribution in [0.15, 0.2) is 46.9 Å². The highest BCUT2D eigenvalue weighted by molar-refractivity contribution is 9.10. The number of ether oxygens (including phenoxy) is 1. The van der Waals surface area contributed by atoms with Crippen LogP contribution in [0.2, 0.25) is 0 Å². The smallest absolute Gasteiger partial charge is 0.324 e. The van der Waals surface area contributed by atoms with Crippen molar-refractivity contribution < 1.29 is 14.3 Å². The standard InChI is InChI=1S/C24H28BrN3O3/c1-16-9-10-22-21(12-16)28(14-17(2)31-22)24(30)27-11-5-7-19(15-27)23(29)26-13-18-6-3-4-8-20(18)25/h3-4,6,8-10,12,17,19H,5,7,11,13-15H2,1-2H3,(H,26,29)/t17-,19+/m1/s1. The fraction of sp³-hybridized carbons (Fsp3) is 0.417. The van der Waals surface area contributed by atoms with Gasteiger partial charge in [0.05, 0.1) is 18.2 Å². The van der Waals surface area contributed by atoms with Crippen LogP contribution in [0.25, 0.3) is 0 Å².